The molecule has 84 valence electrons. The highest BCUT2D eigenvalue weighted by Crippen LogP contribution is 2.31. The van der Waals surface area contributed by atoms with E-state index in [1.165, 1.54) is 12.1 Å². The van der Waals surface area contributed by atoms with Crippen molar-refractivity contribution < 1.29 is 15.1 Å². The Hall–Kier alpha value is -0.500. The van der Waals surface area contributed by atoms with Crippen LogP contribution in [0.5, 0.6) is 0 Å². The average Bonchev–Trinajstić information content (AvgIpc) is 2.65. The minimum absolute atomic E-state index is 0.0323. The van der Waals surface area contributed by atoms with E-state index in [2.05, 4.69) is 15.9 Å². The van der Waals surface area contributed by atoms with E-state index in [0.717, 1.165) is 11.3 Å². The third-order valence-corrected chi connectivity index (χ3v) is 3.42. The number of nitrogens with zero attached hydrogens (tertiary/aromatic N) is 1. The lowest BCUT2D eigenvalue weighted by Gasteiger charge is -2.14. The molecule has 2 atom stereocenters. The molecule has 0 bridgehead atoms. The molecule has 7 heteroatoms. The Morgan fingerprint density at radius 2 is 2.20 bits per heavy atom. The molecule has 1 heterocycles. The average molecular weight is 296 g/mol. The van der Waals surface area contributed by atoms with Crippen molar-refractivity contribution in [1.29, 1.82) is 0 Å². The van der Waals surface area contributed by atoms with Crippen LogP contribution in [-0.4, -0.2) is 26.6 Å². The number of aliphatic hydroxyl groups excluding tert-OH is 2. The quantitative estimate of drug-likeness (QED) is 0.493. The van der Waals surface area contributed by atoms with E-state index < -0.39 is 17.1 Å². The highest BCUT2D eigenvalue weighted by Gasteiger charge is 2.21. The Balaban J connectivity index is 2.73. The van der Waals surface area contributed by atoms with Gasteiger partial charge in [0.15, 0.2) is 0 Å². The van der Waals surface area contributed by atoms with Gasteiger partial charge in [0.1, 0.15) is 6.10 Å². The second-order valence-electron chi connectivity index (χ2n) is 2.92. The van der Waals surface area contributed by atoms with Gasteiger partial charge in [0.25, 0.3) is 0 Å². The third-order valence-electron chi connectivity index (χ3n) is 1.85. The smallest absolute Gasteiger partial charge is 0.324 e. The Bertz CT molecular complexity index is 343. The summed E-state index contributed by atoms with van der Waals surface area (Å²) in [5.41, 5.74) is 0. The van der Waals surface area contributed by atoms with Crippen LogP contribution in [0.25, 0.3) is 0 Å². The van der Waals surface area contributed by atoms with E-state index in [0.29, 0.717) is 16.6 Å². The lowest BCUT2D eigenvalue weighted by atomic mass is 10.1. The maximum Gasteiger partial charge on any atom is 0.324 e. The molecule has 15 heavy (non-hydrogen) atoms. The first-order valence-electron chi connectivity index (χ1n) is 4.22. The van der Waals surface area contributed by atoms with Crippen molar-refractivity contribution in [2.45, 2.75) is 18.6 Å². The van der Waals surface area contributed by atoms with Gasteiger partial charge in [-0.3, -0.25) is 10.1 Å². The molecule has 0 radical (unpaired) electrons. The van der Waals surface area contributed by atoms with Gasteiger partial charge in [-0.2, -0.15) is 0 Å². The Labute approximate surface area is 98.6 Å². The predicted octanol–water partition coefficient (Wildman–Crippen LogP) is 1.84. The number of alkyl halides is 1. The summed E-state index contributed by atoms with van der Waals surface area (Å²) in [6.45, 7) is 0. The summed E-state index contributed by atoms with van der Waals surface area (Å²) in [5.74, 6) is 0. The van der Waals surface area contributed by atoms with E-state index in [4.69, 9.17) is 0 Å². The minimum Gasteiger partial charge on any atom is -0.390 e. The fourth-order valence-corrected chi connectivity index (χ4v) is 2.39. The van der Waals surface area contributed by atoms with E-state index in [-0.39, 0.29) is 5.00 Å². The summed E-state index contributed by atoms with van der Waals surface area (Å²) in [5, 5.41) is 30.0. The van der Waals surface area contributed by atoms with E-state index in [1.54, 1.807) is 0 Å². The lowest BCUT2D eigenvalue weighted by Crippen LogP contribution is -2.17. The molecular formula is C8H10BrNO4S. The molecule has 1 rings (SSSR count). The fourth-order valence-electron chi connectivity index (χ4n) is 1.06. The number of nitro groups is 1. The first-order chi connectivity index (χ1) is 7.06. The van der Waals surface area contributed by atoms with Crippen molar-refractivity contribution in [1.82, 2.24) is 0 Å². The molecule has 1 aromatic heterocycles. The molecule has 0 aliphatic rings. The van der Waals surface area contributed by atoms with Gasteiger partial charge in [-0.1, -0.05) is 27.3 Å². The second-order valence-corrected chi connectivity index (χ2v) is 4.81. The second kappa shape index (κ2) is 5.55. The maximum absolute atomic E-state index is 10.4. The summed E-state index contributed by atoms with van der Waals surface area (Å²) in [7, 11) is 0. The summed E-state index contributed by atoms with van der Waals surface area (Å²) in [4.78, 5) is 10.3. The molecule has 0 saturated heterocycles. The van der Waals surface area contributed by atoms with Gasteiger partial charge in [0.05, 0.1) is 11.0 Å². The van der Waals surface area contributed by atoms with Crippen LogP contribution in [0, 0.1) is 10.1 Å². The summed E-state index contributed by atoms with van der Waals surface area (Å²) < 4.78 is 0. The number of hydrogen-bond donors (Lipinski definition) is 2. The van der Waals surface area contributed by atoms with Gasteiger partial charge >= 0.3 is 5.00 Å². The van der Waals surface area contributed by atoms with Crippen LogP contribution in [0.1, 0.15) is 17.4 Å². The summed E-state index contributed by atoms with van der Waals surface area (Å²) >= 11 is 4.02. The van der Waals surface area contributed by atoms with Crippen molar-refractivity contribution in [3.8, 4) is 0 Å². The zero-order chi connectivity index (χ0) is 11.4. The van der Waals surface area contributed by atoms with Gasteiger partial charge < -0.3 is 10.2 Å². The third kappa shape index (κ3) is 3.23. The zero-order valence-corrected chi connectivity index (χ0v) is 10.1. The maximum atomic E-state index is 10.4. The highest BCUT2D eigenvalue weighted by molar-refractivity contribution is 9.09. The van der Waals surface area contributed by atoms with Crippen LogP contribution < -0.4 is 0 Å². The number of rotatable bonds is 5. The van der Waals surface area contributed by atoms with Crippen LogP contribution in [0.15, 0.2) is 12.1 Å². The number of hydrogen-bond acceptors (Lipinski definition) is 5. The molecular weight excluding hydrogens is 286 g/mol. The van der Waals surface area contributed by atoms with Crippen molar-refractivity contribution in [3.05, 3.63) is 27.1 Å². The predicted molar refractivity (Wildman–Crippen MR) is 60.4 cm³/mol. The van der Waals surface area contributed by atoms with E-state index >= 15 is 0 Å². The molecule has 0 aromatic carbocycles. The Kier molecular flexibility index (Phi) is 4.65. The first-order valence-corrected chi connectivity index (χ1v) is 6.16. The molecule has 0 amide bonds. The molecule has 5 nitrogen and oxygen atoms in total. The first kappa shape index (κ1) is 12.6. The SMILES string of the molecule is O=[N+]([O-])c1ccc(C(O)C(O)CCBr)s1. The molecule has 2 N–H and O–H groups in total. The molecule has 0 saturated carbocycles. The van der Waals surface area contributed by atoms with Gasteiger partial charge in [0, 0.05) is 16.3 Å². The molecule has 0 aliphatic carbocycles. The largest absolute Gasteiger partial charge is 0.390 e. The topological polar surface area (TPSA) is 83.6 Å². The normalized spacial score (nSPS) is 14.9. The van der Waals surface area contributed by atoms with Crippen molar-refractivity contribution in [2.24, 2.45) is 0 Å². The lowest BCUT2D eigenvalue weighted by molar-refractivity contribution is -0.380. The van der Waals surface area contributed by atoms with Crippen LogP contribution in [0.2, 0.25) is 0 Å². The highest BCUT2D eigenvalue weighted by atomic mass is 79.9. The number of aliphatic hydroxyl groups is 2. The van der Waals surface area contributed by atoms with Gasteiger partial charge in [-0.05, 0) is 12.5 Å². The van der Waals surface area contributed by atoms with Crippen LogP contribution in [0.3, 0.4) is 0 Å². The van der Waals surface area contributed by atoms with Gasteiger partial charge in [0.2, 0.25) is 0 Å². The molecule has 1 aromatic rings. The molecule has 0 spiro atoms. The van der Waals surface area contributed by atoms with Crippen LogP contribution in [0.4, 0.5) is 5.00 Å². The monoisotopic (exact) mass is 295 g/mol. The van der Waals surface area contributed by atoms with Crippen molar-refractivity contribution in [2.75, 3.05) is 5.33 Å². The number of halogens is 1. The van der Waals surface area contributed by atoms with Gasteiger partial charge in [-0.15, -0.1) is 0 Å². The Morgan fingerprint density at radius 1 is 1.53 bits per heavy atom. The standard InChI is InChI=1S/C8H10BrNO4S/c9-4-3-5(11)8(12)6-1-2-7(15-6)10(13)14/h1-2,5,8,11-12H,3-4H2. The molecule has 0 fully saturated rings. The Morgan fingerprint density at radius 3 is 2.67 bits per heavy atom. The van der Waals surface area contributed by atoms with E-state index in [1.807, 2.05) is 0 Å². The molecule has 0 aliphatic heterocycles. The van der Waals surface area contributed by atoms with Crippen molar-refractivity contribution in [3.63, 3.8) is 0 Å². The fraction of sp³-hybridized carbons (Fsp3) is 0.500. The van der Waals surface area contributed by atoms with Crippen molar-refractivity contribution >= 4 is 32.3 Å². The van der Waals surface area contributed by atoms with Gasteiger partial charge in [-0.25, -0.2) is 0 Å². The summed E-state index contributed by atoms with van der Waals surface area (Å²) in [6.07, 6.45) is -1.56. The van der Waals surface area contributed by atoms with Crippen LogP contribution in [-0.2, 0) is 0 Å². The molecule has 2 unspecified atom stereocenters. The van der Waals surface area contributed by atoms with E-state index in [9.17, 15) is 20.3 Å². The number of thiophene rings is 1. The minimum atomic E-state index is -1.05. The van der Waals surface area contributed by atoms with Crippen LogP contribution >= 0.6 is 27.3 Å². The zero-order valence-electron chi connectivity index (χ0n) is 7.67. The summed E-state index contributed by atoms with van der Waals surface area (Å²) in [6, 6.07) is 2.79.